The monoisotopic (exact) mass is 436 g/mol. The predicted molar refractivity (Wildman–Crippen MR) is 124 cm³/mol. The van der Waals surface area contributed by atoms with E-state index in [9.17, 15) is 9.59 Å². The number of anilines is 1. The molecule has 1 aromatic heterocycles. The number of piperidine rings is 1. The molecule has 2 aliphatic rings. The van der Waals surface area contributed by atoms with Crippen molar-refractivity contribution in [3.8, 4) is 0 Å². The van der Waals surface area contributed by atoms with Crippen LogP contribution in [0.1, 0.15) is 48.1 Å². The highest BCUT2D eigenvalue weighted by Crippen LogP contribution is 2.27. The molecule has 4 rings (SSSR count). The summed E-state index contributed by atoms with van der Waals surface area (Å²) < 4.78 is 5.03. The van der Waals surface area contributed by atoms with Gasteiger partial charge in [-0.2, -0.15) is 0 Å². The van der Waals surface area contributed by atoms with Gasteiger partial charge in [0, 0.05) is 45.5 Å². The zero-order valence-electron chi connectivity index (χ0n) is 18.8. The second kappa shape index (κ2) is 10.6. The number of pyridine rings is 1. The summed E-state index contributed by atoms with van der Waals surface area (Å²) in [6.07, 6.45) is 4.97. The van der Waals surface area contributed by atoms with Gasteiger partial charge in [-0.3, -0.25) is 9.69 Å². The summed E-state index contributed by atoms with van der Waals surface area (Å²) in [6.45, 7) is 6.97. The number of ether oxygens (including phenoxy) is 1. The van der Waals surface area contributed by atoms with Crippen molar-refractivity contribution in [2.75, 3.05) is 50.8 Å². The third-order valence-electron chi connectivity index (χ3n) is 6.28. The SMILES string of the molecule is CCOC(=O)c1ccc(N2CCN(C(C(=O)N3CCCCC3)c3ccccc3)CC2)nc1. The highest BCUT2D eigenvalue weighted by atomic mass is 16.5. The average Bonchev–Trinajstić information content (AvgIpc) is 2.86. The summed E-state index contributed by atoms with van der Waals surface area (Å²) in [6, 6.07) is 13.5. The van der Waals surface area contributed by atoms with Gasteiger partial charge in [-0.05, 0) is 43.9 Å². The van der Waals surface area contributed by atoms with E-state index >= 15 is 0 Å². The van der Waals surface area contributed by atoms with Crippen LogP contribution < -0.4 is 4.90 Å². The summed E-state index contributed by atoms with van der Waals surface area (Å²) in [5.74, 6) is 0.718. The highest BCUT2D eigenvalue weighted by Gasteiger charge is 2.34. The van der Waals surface area contributed by atoms with Gasteiger partial charge in [0.15, 0.2) is 0 Å². The number of rotatable bonds is 6. The fraction of sp³-hybridized carbons (Fsp3) is 0.480. The van der Waals surface area contributed by atoms with Gasteiger partial charge < -0.3 is 14.5 Å². The van der Waals surface area contributed by atoms with E-state index in [-0.39, 0.29) is 17.9 Å². The molecule has 2 aromatic rings. The van der Waals surface area contributed by atoms with Gasteiger partial charge in [0.1, 0.15) is 11.9 Å². The van der Waals surface area contributed by atoms with Gasteiger partial charge in [-0.15, -0.1) is 0 Å². The molecule has 1 amide bonds. The molecule has 170 valence electrons. The summed E-state index contributed by atoms with van der Waals surface area (Å²) >= 11 is 0. The minimum Gasteiger partial charge on any atom is -0.462 e. The Morgan fingerprint density at radius 3 is 2.28 bits per heavy atom. The Labute approximate surface area is 190 Å². The van der Waals surface area contributed by atoms with Gasteiger partial charge in [0.25, 0.3) is 0 Å². The Balaban J connectivity index is 1.44. The zero-order valence-corrected chi connectivity index (χ0v) is 18.8. The van der Waals surface area contributed by atoms with Gasteiger partial charge in [-0.25, -0.2) is 9.78 Å². The molecule has 2 saturated heterocycles. The number of likely N-dealkylation sites (tertiary alicyclic amines) is 1. The first-order valence-corrected chi connectivity index (χ1v) is 11.6. The van der Waals surface area contributed by atoms with E-state index in [1.165, 1.54) is 6.42 Å². The summed E-state index contributed by atoms with van der Waals surface area (Å²) in [5.41, 5.74) is 1.53. The smallest absolute Gasteiger partial charge is 0.339 e. The normalized spacial score (nSPS) is 18.3. The van der Waals surface area contributed by atoms with Crippen molar-refractivity contribution in [3.05, 3.63) is 59.8 Å². The van der Waals surface area contributed by atoms with Gasteiger partial charge in [0.2, 0.25) is 5.91 Å². The second-order valence-corrected chi connectivity index (χ2v) is 8.35. The molecular formula is C25H32N4O3. The molecule has 1 atom stereocenters. The molecule has 0 spiro atoms. The molecule has 32 heavy (non-hydrogen) atoms. The number of piperazine rings is 1. The van der Waals surface area contributed by atoms with Crippen LogP contribution in [0.5, 0.6) is 0 Å². The van der Waals surface area contributed by atoms with E-state index in [1.807, 2.05) is 29.2 Å². The van der Waals surface area contributed by atoms with Crippen LogP contribution in [0.15, 0.2) is 48.7 Å². The fourth-order valence-electron chi connectivity index (χ4n) is 4.55. The largest absolute Gasteiger partial charge is 0.462 e. The van der Waals surface area contributed by atoms with Crippen LogP contribution in [-0.2, 0) is 9.53 Å². The minimum absolute atomic E-state index is 0.223. The number of amides is 1. The third-order valence-corrected chi connectivity index (χ3v) is 6.28. The highest BCUT2D eigenvalue weighted by molar-refractivity contribution is 5.89. The summed E-state index contributed by atoms with van der Waals surface area (Å²) in [7, 11) is 0. The molecule has 0 saturated carbocycles. The van der Waals surface area contributed by atoms with Crippen LogP contribution in [0.25, 0.3) is 0 Å². The standard InChI is InChI=1S/C25H32N4O3/c1-2-32-25(31)21-11-12-22(26-19-21)27-15-17-28(18-16-27)23(20-9-5-3-6-10-20)24(30)29-13-7-4-8-14-29/h3,5-6,9-12,19,23H,2,4,7-8,13-18H2,1H3. The fourth-order valence-corrected chi connectivity index (χ4v) is 4.55. The molecule has 2 aliphatic heterocycles. The van der Waals surface area contributed by atoms with Gasteiger partial charge in [-0.1, -0.05) is 30.3 Å². The van der Waals surface area contributed by atoms with Crippen LogP contribution in [0, 0.1) is 0 Å². The Bertz CT molecular complexity index is 889. The van der Waals surface area contributed by atoms with E-state index < -0.39 is 0 Å². The maximum absolute atomic E-state index is 13.5. The number of carbonyl (C=O) groups is 2. The Kier molecular flexibility index (Phi) is 7.37. The first-order chi connectivity index (χ1) is 15.7. The molecule has 3 heterocycles. The molecule has 7 nitrogen and oxygen atoms in total. The lowest BCUT2D eigenvalue weighted by molar-refractivity contribution is -0.138. The number of esters is 1. The first kappa shape index (κ1) is 22.3. The Morgan fingerprint density at radius 2 is 1.66 bits per heavy atom. The molecule has 0 bridgehead atoms. The van der Waals surface area contributed by atoms with Gasteiger partial charge in [0.05, 0.1) is 12.2 Å². The van der Waals surface area contributed by atoms with Crippen LogP contribution in [-0.4, -0.2) is 72.5 Å². The number of hydrogen-bond donors (Lipinski definition) is 0. The lowest BCUT2D eigenvalue weighted by Gasteiger charge is -2.41. The molecular weight excluding hydrogens is 404 g/mol. The van der Waals surface area contributed by atoms with Crippen molar-refractivity contribution in [2.45, 2.75) is 32.2 Å². The maximum Gasteiger partial charge on any atom is 0.339 e. The quantitative estimate of drug-likeness (QED) is 0.649. The Hall–Kier alpha value is -2.93. The lowest BCUT2D eigenvalue weighted by atomic mass is 10.0. The third kappa shape index (κ3) is 5.10. The molecule has 2 fully saturated rings. The van der Waals surface area contributed by atoms with Crippen LogP contribution in [0.2, 0.25) is 0 Å². The van der Waals surface area contributed by atoms with E-state index in [1.54, 1.807) is 19.2 Å². The lowest BCUT2D eigenvalue weighted by Crippen LogP contribution is -2.52. The first-order valence-electron chi connectivity index (χ1n) is 11.6. The number of hydrogen-bond acceptors (Lipinski definition) is 6. The van der Waals surface area contributed by atoms with E-state index in [0.717, 1.165) is 63.5 Å². The van der Waals surface area contributed by atoms with Crippen LogP contribution in [0.3, 0.4) is 0 Å². The van der Waals surface area contributed by atoms with E-state index in [4.69, 9.17) is 4.74 Å². The van der Waals surface area contributed by atoms with Crippen molar-refractivity contribution in [1.29, 1.82) is 0 Å². The maximum atomic E-state index is 13.5. The van der Waals surface area contributed by atoms with Crippen LogP contribution >= 0.6 is 0 Å². The van der Waals surface area contributed by atoms with Gasteiger partial charge >= 0.3 is 5.97 Å². The zero-order chi connectivity index (χ0) is 22.3. The van der Waals surface area contributed by atoms with Crippen molar-refractivity contribution in [1.82, 2.24) is 14.8 Å². The van der Waals surface area contributed by atoms with Crippen LogP contribution in [0.4, 0.5) is 5.82 Å². The molecule has 1 aromatic carbocycles. The molecule has 0 radical (unpaired) electrons. The van der Waals surface area contributed by atoms with Crippen molar-refractivity contribution >= 4 is 17.7 Å². The Morgan fingerprint density at radius 1 is 0.938 bits per heavy atom. The second-order valence-electron chi connectivity index (χ2n) is 8.35. The number of benzene rings is 1. The number of aromatic nitrogens is 1. The van der Waals surface area contributed by atoms with E-state index in [2.05, 4.69) is 26.9 Å². The number of carbonyl (C=O) groups excluding carboxylic acids is 2. The number of nitrogens with zero attached hydrogens (tertiary/aromatic N) is 4. The van der Waals surface area contributed by atoms with Crippen molar-refractivity contribution in [3.63, 3.8) is 0 Å². The van der Waals surface area contributed by atoms with E-state index in [0.29, 0.717) is 12.2 Å². The minimum atomic E-state index is -0.349. The average molecular weight is 437 g/mol. The summed E-state index contributed by atoms with van der Waals surface area (Å²) in [5, 5.41) is 0. The molecule has 0 aliphatic carbocycles. The molecule has 1 unspecified atom stereocenters. The van der Waals surface area contributed by atoms with Crippen molar-refractivity contribution in [2.24, 2.45) is 0 Å². The summed E-state index contributed by atoms with van der Waals surface area (Å²) in [4.78, 5) is 36.4. The molecule has 0 N–H and O–H groups in total. The van der Waals surface area contributed by atoms with Crippen molar-refractivity contribution < 1.29 is 14.3 Å². The topological polar surface area (TPSA) is 66.0 Å². The molecule has 7 heteroatoms. The predicted octanol–water partition coefficient (Wildman–Crippen LogP) is 3.13.